The van der Waals surface area contributed by atoms with Crippen LogP contribution in [0.5, 0.6) is 0 Å². The molecular formula is C26H44O. The molecule has 0 saturated heterocycles. The van der Waals surface area contributed by atoms with Gasteiger partial charge in [0.2, 0.25) is 0 Å². The van der Waals surface area contributed by atoms with Gasteiger partial charge in [-0.05, 0) is 84.0 Å². The monoisotopic (exact) mass is 372 g/mol. The van der Waals surface area contributed by atoms with Gasteiger partial charge in [0.1, 0.15) is 0 Å². The molecule has 0 spiro atoms. The van der Waals surface area contributed by atoms with Crippen molar-refractivity contribution in [2.75, 3.05) is 0 Å². The van der Waals surface area contributed by atoms with Crippen molar-refractivity contribution in [2.45, 2.75) is 107 Å². The average molecular weight is 373 g/mol. The normalized spacial score (nSPS) is 36.2. The first-order chi connectivity index (χ1) is 12.5. The maximum atomic E-state index is 13.0. The molecule has 0 heterocycles. The molecule has 2 fully saturated rings. The van der Waals surface area contributed by atoms with Crippen molar-refractivity contribution in [1.82, 2.24) is 0 Å². The third-order valence-electron chi connectivity index (χ3n) is 9.16. The minimum atomic E-state index is 0.208. The summed E-state index contributed by atoms with van der Waals surface area (Å²) in [5.74, 6) is 3.07. The molecule has 0 radical (unpaired) electrons. The third kappa shape index (κ3) is 3.16. The van der Waals surface area contributed by atoms with Crippen molar-refractivity contribution < 1.29 is 4.79 Å². The Morgan fingerprint density at radius 1 is 1.11 bits per heavy atom. The summed E-state index contributed by atoms with van der Waals surface area (Å²) in [5, 5.41) is 0. The van der Waals surface area contributed by atoms with Crippen LogP contribution in [0.3, 0.4) is 0 Å². The molecule has 0 aromatic heterocycles. The van der Waals surface area contributed by atoms with Crippen LogP contribution in [0.25, 0.3) is 0 Å². The van der Waals surface area contributed by atoms with Crippen LogP contribution in [-0.4, -0.2) is 5.78 Å². The number of allylic oxidation sites excluding steroid dienone is 2. The van der Waals surface area contributed by atoms with Crippen LogP contribution in [0.2, 0.25) is 0 Å². The van der Waals surface area contributed by atoms with Crippen molar-refractivity contribution in [2.24, 2.45) is 39.9 Å². The van der Waals surface area contributed by atoms with Crippen molar-refractivity contribution in [3.63, 3.8) is 0 Å². The molecule has 0 amide bonds. The van der Waals surface area contributed by atoms with E-state index < -0.39 is 0 Å². The second-order valence-corrected chi connectivity index (χ2v) is 11.7. The van der Waals surface area contributed by atoms with Gasteiger partial charge in [-0.15, -0.1) is 0 Å². The molecule has 0 aromatic carbocycles. The molecule has 1 heteroatoms. The van der Waals surface area contributed by atoms with Gasteiger partial charge < -0.3 is 0 Å². The highest BCUT2D eigenvalue weighted by atomic mass is 16.1. The van der Waals surface area contributed by atoms with Gasteiger partial charge in [-0.1, -0.05) is 67.4 Å². The van der Waals surface area contributed by atoms with Gasteiger partial charge in [0, 0.05) is 6.42 Å². The highest BCUT2D eigenvalue weighted by molar-refractivity contribution is 6.00. The van der Waals surface area contributed by atoms with E-state index in [0.29, 0.717) is 28.4 Å². The lowest BCUT2D eigenvalue weighted by Gasteiger charge is -2.59. The van der Waals surface area contributed by atoms with E-state index in [1.54, 1.807) is 5.57 Å². The highest BCUT2D eigenvalue weighted by Gasteiger charge is 2.58. The molecule has 1 nitrogen and oxygen atoms in total. The van der Waals surface area contributed by atoms with E-state index in [1.165, 1.54) is 44.1 Å². The zero-order valence-corrected chi connectivity index (χ0v) is 19.4. The first kappa shape index (κ1) is 21.1. The Labute approximate surface area is 168 Å². The van der Waals surface area contributed by atoms with E-state index in [4.69, 9.17) is 0 Å². The van der Waals surface area contributed by atoms with Gasteiger partial charge in [-0.3, -0.25) is 4.79 Å². The number of fused-ring (bicyclic) bond motifs is 3. The first-order valence-electron chi connectivity index (χ1n) is 11.8. The molecule has 0 aliphatic heterocycles. The standard InChI is InChI=1S/C26H44O/c1-9-14-24(5,6)21-12-11-18-19(25(21,7)8)13-15-26(10-2)16-20(27)22(17(3)4)23(18)26/h17-19,21H,9-16H2,1-8H3. The molecule has 154 valence electrons. The first-order valence-corrected chi connectivity index (χ1v) is 11.8. The molecule has 3 rings (SSSR count). The maximum Gasteiger partial charge on any atom is 0.159 e. The fraction of sp³-hybridized carbons (Fsp3) is 0.885. The quantitative estimate of drug-likeness (QED) is 0.485. The summed E-state index contributed by atoms with van der Waals surface area (Å²) in [6.07, 6.45) is 9.79. The Morgan fingerprint density at radius 3 is 2.33 bits per heavy atom. The van der Waals surface area contributed by atoms with Crippen molar-refractivity contribution in [3.05, 3.63) is 11.1 Å². The van der Waals surface area contributed by atoms with Gasteiger partial charge in [0.05, 0.1) is 0 Å². The maximum absolute atomic E-state index is 13.0. The molecule has 0 N–H and O–H groups in total. The zero-order valence-electron chi connectivity index (χ0n) is 19.4. The Morgan fingerprint density at radius 2 is 1.78 bits per heavy atom. The summed E-state index contributed by atoms with van der Waals surface area (Å²) < 4.78 is 0. The Balaban J connectivity index is 2.03. The van der Waals surface area contributed by atoms with Gasteiger partial charge in [-0.2, -0.15) is 0 Å². The van der Waals surface area contributed by atoms with Crippen LogP contribution in [0.15, 0.2) is 11.1 Å². The number of hydrogen-bond donors (Lipinski definition) is 0. The summed E-state index contributed by atoms with van der Waals surface area (Å²) in [4.78, 5) is 13.0. The number of hydrogen-bond acceptors (Lipinski definition) is 1. The molecule has 2 saturated carbocycles. The van der Waals surface area contributed by atoms with E-state index in [9.17, 15) is 4.79 Å². The molecule has 3 aliphatic carbocycles. The van der Waals surface area contributed by atoms with E-state index >= 15 is 0 Å². The van der Waals surface area contributed by atoms with Crippen LogP contribution in [-0.2, 0) is 4.79 Å². The molecular weight excluding hydrogens is 328 g/mol. The van der Waals surface area contributed by atoms with E-state index in [2.05, 4.69) is 55.4 Å². The summed E-state index contributed by atoms with van der Waals surface area (Å²) >= 11 is 0. The molecule has 3 aliphatic rings. The Kier molecular flexibility index (Phi) is 5.50. The number of carbonyl (C=O) groups excluding carboxylic acids is 1. The highest BCUT2D eigenvalue weighted by Crippen LogP contribution is 2.66. The zero-order chi connectivity index (χ0) is 20.2. The van der Waals surface area contributed by atoms with Crippen molar-refractivity contribution >= 4 is 5.78 Å². The molecule has 4 atom stereocenters. The topological polar surface area (TPSA) is 17.1 Å². The summed E-state index contributed by atoms with van der Waals surface area (Å²) in [7, 11) is 0. The predicted molar refractivity (Wildman–Crippen MR) is 116 cm³/mol. The molecule has 0 aromatic rings. The average Bonchev–Trinajstić information content (AvgIpc) is 2.87. The fourth-order valence-corrected chi connectivity index (χ4v) is 8.14. The van der Waals surface area contributed by atoms with Gasteiger partial charge in [0.15, 0.2) is 5.78 Å². The minimum absolute atomic E-state index is 0.208. The predicted octanol–water partition coefficient (Wildman–Crippen LogP) is 7.60. The summed E-state index contributed by atoms with van der Waals surface area (Å²) in [5.41, 5.74) is 3.88. The van der Waals surface area contributed by atoms with E-state index in [1.807, 2.05) is 0 Å². The van der Waals surface area contributed by atoms with Gasteiger partial charge in [-0.25, -0.2) is 0 Å². The lowest BCUT2D eigenvalue weighted by atomic mass is 9.45. The van der Waals surface area contributed by atoms with E-state index in [-0.39, 0.29) is 5.41 Å². The second kappa shape index (κ2) is 7.03. The van der Waals surface area contributed by atoms with Crippen LogP contribution in [0.1, 0.15) is 107 Å². The minimum Gasteiger partial charge on any atom is -0.295 e. The number of ketones is 1. The molecule has 0 bridgehead atoms. The van der Waals surface area contributed by atoms with Crippen LogP contribution in [0.4, 0.5) is 0 Å². The van der Waals surface area contributed by atoms with Crippen LogP contribution < -0.4 is 0 Å². The van der Waals surface area contributed by atoms with Crippen molar-refractivity contribution in [1.29, 1.82) is 0 Å². The van der Waals surface area contributed by atoms with E-state index in [0.717, 1.165) is 24.7 Å². The van der Waals surface area contributed by atoms with Crippen LogP contribution in [0, 0.1) is 39.9 Å². The summed E-state index contributed by atoms with van der Waals surface area (Å²) in [6.45, 7) is 19.3. The molecule has 4 unspecified atom stereocenters. The number of rotatable bonds is 5. The Bertz CT molecular complexity index is 620. The summed E-state index contributed by atoms with van der Waals surface area (Å²) in [6, 6.07) is 0. The van der Waals surface area contributed by atoms with Gasteiger partial charge >= 0.3 is 0 Å². The fourth-order valence-electron chi connectivity index (χ4n) is 8.14. The van der Waals surface area contributed by atoms with Crippen LogP contribution >= 0.6 is 0 Å². The number of Topliss-reactive ketones (excluding diaryl/α,β-unsaturated/α-hetero) is 1. The largest absolute Gasteiger partial charge is 0.295 e. The molecule has 27 heavy (non-hydrogen) atoms. The number of carbonyl (C=O) groups is 1. The second-order valence-electron chi connectivity index (χ2n) is 11.7. The Hall–Kier alpha value is -0.590. The third-order valence-corrected chi connectivity index (χ3v) is 9.16. The smallest absolute Gasteiger partial charge is 0.159 e. The van der Waals surface area contributed by atoms with Crippen molar-refractivity contribution in [3.8, 4) is 0 Å². The SMILES string of the molecule is CCCC(C)(C)C1CCC2C3=C(C(C)C)C(=O)CC3(CC)CCC2C1(C)C. The lowest BCUT2D eigenvalue weighted by molar-refractivity contribution is -0.116. The lowest BCUT2D eigenvalue weighted by Crippen LogP contribution is -2.51. The van der Waals surface area contributed by atoms with Gasteiger partial charge in [0.25, 0.3) is 0 Å².